The van der Waals surface area contributed by atoms with Crippen LogP contribution in [0, 0.1) is 26.7 Å². The summed E-state index contributed by atoms with van der Waals surface area (Å²) in [5, 5.41) is 7.98. The number of rotatable bonds is 5. The van der Waals surface area contributed by atoms with Gasteiger partial charge in [-0.3, -0.25) is 4.79 Å². The van der Waals surface area contributed by atoms with Crippen LogP contribution in [0.4, 0.5) is 11.5 Å². The molecule has 1 fully saturated rings. The number of aryl methyl sites for hydroxylation is 3. The molecule has 1 saturated heterocycles. The molecule has 2 aromatic heterocycles. The third-order valence-corrected chi connectivity index (χ3v) is 6.89. The van der Waals surface area contributed by atoms with Gasteiger partial charge in [-0.1, -0.05) is 6.07 Å². The Hall–Kier alpha value is -3.87. The lowest BCUT2D eigenvalue weighted by Gasteiger charge is -2.33. The first-order valence-corrected chi connectivity index (χ1v) is 12.1. The molecule has 7 heteroatoms. The summed E-state index contributed by atoms with van der Waals surface area (Å²) in [7, 11) is 1.66. The molecule has 0 atom stereocenters. The van der Waals surface area contributed by atoms with Crippen molar-refractivity contribution in [1.82, 2.24) is 14.6 Å². The third kappa shape index (κ3) is 4.71. The fourth-order valence-electron chi connectivity index (χ4n) is 4.64. The second-order valence-corrected chi connectivity index (χ2v) is 9.33. The highest BCUT2D eigenvalue weighted by Gasteiger charge is 2.27. The van der Waals surface area contributed by atoms with Gasteiger partial charge in [0.2, 0.25) is 5.91 Å². The maximum Gasteiger partial charge on any atom is 0.227 e. The van der Waals surface area contributed by atoms with E-state index in [1.54, 1.807) is 7.11 Å². The van der Waals surface area contributed by atoms with Crippen LogP contribution < -0.4 is 15.0 Å². The predicted octanol–water partition coefficient (Wildman–Crippen LogP) is 5.19. The molecule has 2 aromatic carbocycles. The summed E-state index contributed by atoms with van der Waals surface area (Å²) in [6, 6.07) is 18.0. The average molecular weight is 470 g/mol. The van der Waals surface area contributed by atoms with E-state index in [-0.39, 0.29) is 11.8 Å². The van der Waals surface area contributed by atoms with Crippen molar-refractivity contribution >= 4 is 23.1 Å². The van der Waals surface area contributed by atoms with Crippen molar-refractivity contribution < 1.29 is 9.53 Å². The van der Waals surface area contributed by atoms with E-state index in [0.29, 0.717) is 0 Å². The molecule has 0 saturated carbocycles. The maximum atomic E-state index is 12.9. The number of carbonyl (C=O) groups is 1. The van der Waals surface area contributed by atoms with Crippen molar-refractivity contribution in [3.63, 3.8) is 0 Å². The molecule has 3 heterocycles. The minimum absolute atomic E-state index is 0.00114. The van der Waals surface area contributed by atoms with Crippen molar-refractivity contribution in [1.29, 1.82) is 0 Å². The van der Waals surface area contributed by atoms with Crippen LogP contribution in [-0.4, -0.2) is 40.7 Å². The Morgan fingerprint density at radius 3 is 2.40 bits per heavy atom. The topological polar surface area (TPSA) is 71.8 Å². The maximum absolute atomic E-state index is 12.9. The number of methoxy groups -OCH3 is 1. The van der Waals surface area contributed by atoms with Gasteiger partial charge in [0.1, 0.15) is 11.6 Å². The van der Waals surface area contributed by atoms with Gasteiger partial charge in [0.15, 0.2) is 5.65 Å². The number of benzene rings is 2. The monoisotopic (exact) mass is 469 g/mol. The minimum Gasteiger partial charge on any atom is -0.497 e. The Balaban J connectivity index is 1.32. The van der Waals surface area contributed by atoms with E-state index in [0.717, 1.165) is 65.8 Å². The Morgan fingerprint density at radius 1 is 0.971 bits per heavy atom. The zero-order chi connectivity index (χ0) is 24.5. The highest BCUT2D eigenvalue weighted by atomic mass is 16.5. The molecule has 4 aromatic rings. The summed E-state index contributed by atoms with van der Waals surface area (Å²) >= 11 is 0. The molecule has 5 rings (SSSR count). The van der Waals surface area contributed by atoms with Gasteiger partial charge >= 0.3 is 0 Å². The van der Waals surface area contributed by atoms with E-state index in [2.05, 4.69) is 36.2 Å². The largest absolute Gasteiger partial charge is 0.497 e. The second-order valence-electron chi connectivity index (χ2n) is 9.33. The molecule has 1 aliphatic heterocycles. The van der Waals surface area contributed by atoms with Gasteiger partial charge in [-0.2, -0.15) is 9.61 Å². The molecule has 0 aliphatic carbocycles. The number of anilines is 2. The summed E-state index contributed by atoms with van der Waals surface area (Å²) in [4.78, 5) is 19.9. The van der Waals surface area contributed by atoms with Gasteiger partial charge in [0, 0.05) is 48.1 Å². The van der Waals surface area contributed by atoms with Crippen LogP contribution in [0.1, 0.15) is 29.7 Å². The fraction of sp³-hybridized carbons (Fsp3) is 0.321. The Morgan fingerprint density at radius 2 is 1.71 bits per heavy atom. The molecular formula is C28H31N5O2. The second kappa shape index (κ2) is 9.41. The standard InChI is InChI=1S/C28H31N5O2/c1-18-5-8-23(15-19(18)2)30-28(34)22-11-13-32(14-12-22)27-16-20(3)29-26-17-25(31-33(26)27)21-6-9-24(35-4)10-7-21/h5-10,15-17,22H,11-14H2,1-4H3,(H,30,34). The molecule has 180 valence electrons. The first kappa shape index (κ1) is 22.9. The van der Waals surface area contributed by atoms with Crippen LogP contribution in [0.3, 0.4) is 0 Å². The van der Waals surface area contributed by atoms with Crippen LogP contribution in [0.15, 0.2) is 54.6 Å². The SMILES string of the molecule is COc1ccc(-c2cc3nc(C)cc(N4CCC(C(=O)Nc5ccc(C)c(C)c5)CC4)n3n2)cc1. The molecule has 0 radical (unpaired) electrons. The van der Waals surface area contributed by atoms with Crippen molar-refractivity contribution in [3.8, 4) is 17.0 Å². The van der Waals surface area contributed by atoms with E-state index in [4.69, 9.17) is 14.8 Å². The number of ether oxygens (including phenoxy) is 1. The van der Waals surface area contributed by atoms with Crippen molar-refractivity contribution in [3.05, 3.63) is 71.4 Å². The fourth-order valence-corrected chi connectivity index (χ4v) is 4.64. The molecule has 1 N–H and O–H groups in total. The number of carbonyl (C=O) groups excluding carboxylic acids is 1. The lowest BCUT2D eigenvalue weighted by molar-refractivity contribution is -0.120. The molecule has 35 heavy (non-hydrogen) atoms. The van der Waals surface area contributed by atoms with Crippen molar-refractivity contribution in [2.45, 2.75) is 33.6 Å². The van der Waals surface area contributed by atoms with Crippen molar-refractivity contribution in [2.24, 2.45) is 5.92 Å². The van der Waals surface area contributed by atoms with E-state index in [1.807, 2.05) is 53.9 Å². The van der Waals surface area contributed by atoms with E-state index in [9.17, 15) is 4.79 Å². The number of nitrogens with zero attached hydrogens (tertiary/aromatic N) is 4. The molecule has 1 amide bonds. The van der Waals surface area contributed by atoms with Gasteiger partial charge in [0.25, 0.3) is 0 Å². The van der Waals surface area contributed by atoms with Gasteiger partial charge < -0.3 is 15.0 Å². The van der Waals surface area contributed by atoms with Gasteiger partial charge in [-0.25, -0.2) is 4.98 Å². The van der Waals surface area contributed by atoms with Gasteiger partial charge in [0.05, 0.1) is 12.8 Å². The third-order valence-electron chi connectivity index (χ3n) is 6.89. The highest BCUT2D eigenvalue weighted by Crippen LogP contribution is 2.28. The smallest absolute Gasteiger partial charge is 0.227 e. The molecular weight excluding hydrogens is 438 g/mol. The number of hydrogen-bond donors (Lipinski definition) is 1. The quantitative estimate of drug-likeness (QED) is 0.436. The van der Waals surface area contributed by atoms with Gasteiger partial charge in [-0.15, -0.1) is 0 Å². The average Bonchev–Trinajstić information content (AvgIpc) is 3.30. The molecule has 7 nitrogen and oxygen atoms in total. The first-order valence-electron chi connectivity index (χ1n) is 12.1. The van der Waals surface area contributed by atoms with E-state index >= 15 is 0 Å². The number of nitrogens with one attached hydrogen (secondary N) is 1. The number of piperidine rings is 1. The molecule has 0 bridgehead atoms. The summed E-state index contributed by atoms with van der Waals surface area (Å²) in [6.07, 6.45) is 1.60. The normalized spacial score (nSPS) is 14.3. The predicted molar refractivity (Wildman–Crippen MR) is 139 cm³/mol. The van der Waals surface area contributed by atoms with Crippen molar-refractivity contribution in [2.75, 3.05) is 30.4 Å². The summed E-state index contributed by atoms with van der Waals surface area (Å²) in [5.74, 6) is 1.93. The number of hydrogen-bond acceptors (Lipinski definition) is 5. The van der Waals surface area contributed by atoms with Crippen LogP contribution >= 0.6 is 0 Å². The minimum atomic E-state index is -0.00114. The first-order chi connectivity index (χ1) is 16.9. The highest BCUT2D eigenvalue weighted by molar-refractivity contribution is 5.92. The van der Waals surface area contributed by atoms with Gasteiger partial charge in [-0.05, 0) is 81.1 Å². The molecule has 0 spiro atoms. The number of aromatic nitrogens is 3. The molecule has 1 aliphatic rings. The van der Waals surface area contributed by atoms with Crippen LogP contribution in [-0.2, 0) is 4.79 Å². The zero-order valence-electron chi connectivity index (χ0n) is 20.7. The Labute approximate surface area is 205 Å². The van der Waals surface area contributed by atoms with Crippen LogP contribution in [0.2, 0.25) is 0 Å². The number of fused-ring (bicyclic) bond motifs is 1. The summed E-state index contributed by atoms with van der Waals surface area (Å²) in [6.45, 7) is 7.74. The molecule has 0 unspecified atom stereocenters. The van der Waals surface area contributed by atoms with Crippen LogP contribution in [0.5, 0.6) is 5.75 Å². The van der Waals surface area contributed by atoms with E-state index in [1.165, 1.54) is 11.1 Å². The lowest BCUT2D eigenvalue weighted by Crippen LogP contribution is -2.39. The number of amides is 1. The lowest BCUT2D eigenvalue weighted by atomic mass is 9.95. The summed E-state index contributed by atoms with van der Waals surface area (Å²) < 4.78 is 7.19. The van der Waals surface area contributed by atoms with Crippen LogP contribution in [0.25, 0.3) is 16.9 Å². The Kier molecular flexibility index (Phi) is 6.16. The van der Waals surface area contributed by atoms with E-state index < -0.39 is 0 Å². The summed E-state index contributed by atoms with van der Waals surface area (Å²) in [5.41, 5.74) is 6.93. The zero-order valence-corrected chi connectivity index (χ0v) is 20.7. The Bertz CT molecular complexity index is 1370.